The molecule has 0 aromatic heterocycles. The molecule has 0 heterocycles. The first-order valence-corrected chi connectivity index (χ1v) is 6.85. The van der Waals surface area contributed by atoms with Gasteiger partial charge in [0.05, 0.1) is 0 Å². The summed E-state index contributed by atoms with van der Waals surface area (Å²) < 4.78 is 0. The summed E-state index contributed by atoms with van der Waals surface area (Å²) in [5.41, 5.74) is 7.29. The Labute approximate surface area is 120 Å². The minimum absolute atomic E-state index is 0.268. The van der Waals surface area contributed by atoms with Gasteiger partial charge in [0, 0.05) is 11.1 Å². The van der Waals surface area contributed by atoms with Crippen LogP contribution in [0.25, 0.3) is 11.1 Å². The molecule has 0 aliphatic rings. The SMILES string of the molecule is Cc1cc(C)c(-c2c(C)cc(C)c(C)c2O)c(O)c1C. The molecule has 0 saturated heterocycles. The van der Waals surface area contributed by atoms with E-state index in [0.717, 1.165) is 44.5 Å². The monoisotopic (exact) mass is 270 g/mol. The standard InChI is InChI=1S/C18H22O2/c1-9-7-11(3)15(17(19)13(9)5)16-12(4)8-10(2)14(6)18(16)20/h7-8,19-20H,1-6H3. The minimum Gasteiger partial charge on any atom is -0.507 e. The smallest absolute Gasteiger partial charge is 0.126 e. The lowest BCUT2D eigenvalue weighted by molar-refractivity contribution is 0.463. The van der Waals surface area contributed by atoms with Crippen LogP contribution in [0.15, 0.2) is 12.1 Å². The fraction of sp³-hybridized carbons (Fsp3) is 0.333. The molecule has 2 nitrogen and oxygen atoms in total. The predicted octanol–water partition coefficient (Wildman–Crippen LogP) is 4.62. The largest absolute Gasteiger partial charge is 0.507 e. The van der Waals surface area contributed by atoms with Gasteiger partial charge in [0.25, 0.3) is 0 Å². The topological polar surface area (TPSA) is 40.5 Å². The summed E-state index contributed by atoms with van der Waals surface area (Å²) in [5, 5.41) is 21.0. The lowest BCUT2D eigenvalue weighted by Crippen LogP contribution is -1.96. The highest BCUT2D eigenvalue weighted by Gasteiger charge is 2.19. The first kappa shape index (κ1) is 14.4. The number of phenols is 2. The summed E-state index contributed by atoms with van der Waals surface area (Å²) in [7, 11) is 0. The lowest BCUT2D eigenvalue weighted by Gasteiger charge is -2.19. The van der Waals surface area contributed by atoms with Gasteiger partial charge >= 0.3 is 0 Å². The van der Waals surface area contributed by atoms with E-state index in [9.17, 15) is 10.2 Å². The summed E-state index contributed by atoms with van der Waals surface area (Å²) in [6.45, 7) is 11.7. The lowest BCUT2D eigenvalue weighted by atomic mass is 9.88. The van der Waals surface area contributed by atoms with Crippen molar-refractivity contribution in [2.75, 3.05) is 0 Å². The van der Waals surface area contributed by atoms with Crippen molar-refractivity contribution < 1.29 is 10.2 Å². The van der Waals surface area contributed by atoms with Crippen molar-refractivity contribution in [1.29, 1.82) is 0 Å². The zero-order valence-electron chi connectivity index (χ0n) is 13.0. The fourth-order valence-corrected chi connectivity index (χ4v) is 2.76. The molecule has 0 spiro atoms. The second-order valence-corrected chi connectivity index (χ2v) is 5.72. The van der Waals surface area contributed by atoms with E-state index >= 15 is 0 Å². The van der Waals surface area contributed by atoms with Gasteiger partial charge in [-0.15, -0.1) is 0 Å². The molecule has 0 bridgehead atoms. The Morgan fingerprint density at radius 2 is 0.850 bits per heavy atom. The Balaban J connectivity index is 2.90. The highest BCUT2D eigenvalue weighted by atomic mass is 16.3. The van der Waals surface area contributed by atoms with E-state index in [1.807, 2.05) is 41.5 Å². The molecule has 0 unspecified atom stereocenters. The molecule has 0 saturated carbocycles. The Kier molecular flexibility index (Phi) is 3.51. The van der Waals surface area contributed by atoms with E-state index in [0.29, 0.717) is 0 Å². The third-order valence-electron chi connectivity index (χ3n) is 4.27. The van der Waals surface area contributed by atoms with Crippen molar-refractivity contribution in [3.8, 4) is 22.6 Å². The van der Waals surface area contributed by atoms with Gasteiger partial charge in [0.1, 0.15) is 11.5 Å². The third kappa shape index (κ3) is 2.05. The first-order chi connectivity index (χ1) is 9.25. The molecule has 0 radical (unpaired) electrons. The molecule has 0 amide bonds. The average molecular weight is 270 g/mol. The molecular formula is C18H22O2. The van der Waals surface area contributed by atoms with Gasteiger partial charge in [-0.2, -0.15) is 0 Å². The minimum atomic E-state index is 0.268. The maximum Gasteiger partial charge on any atom is 0.126 e. The van der Waals surface area contributed by atoms with Crippen LogP contribution in [0.3, 0.4) is 0 Å². The van der Waals surface area contributed by atoms with Crippen molar-refractivity contribution in [3.05, 3.63) is 45.5 Å². The van der Waals surface area contributed by atoms with Gasteiger partial charge in [-0.25, -0.2) is 0 Å². The van der Waals surface area contributed by atoms with Crippen LogP contribution in [0.5, 0.6) is 11.5 Å². The van der Waals surface area contributed by atoms with Gasteiger partial charge in [0.2, 0.25) is 0 Å². The van der Waals surface area contributed by atoms with E-state index in [-0.39, 0.29) is 11.5 Å². The van der Waals surface area contributed by atoms with Crippen LogP contribution in [-0.2, 0) is 0 Å². The van der Waals surface area contributed by atoms with Gasteiger partial charge in [0.15, 0.2) is 0 Å². The van der Waals surface area contributed by atoms with Crippen molar-refractivity contribution in [2.45, 2.75) is 41.5 Å². The molecule has 2 N–H and O–H groups in total. The van der Waals surface area contributed by atoms with E-state index in [2.05, 4.69) is 12.1 Å². The number of hydrogen-bond donors (Lipinski definition) is 2. The number of phenolic OH excluding ortho intramolecular Hbond substituents is 2. The number of aromatic hydroxyl groups is 2. The first-order valence-electron chi connectivity index (χ1n) is 6.85. The predicted molar refractivity (Wildman–Crippen MR) is 83.6 cm³/mol. The van der Waals surface area contributed by atoms with Gasteiger partial charge in [-0.05, 0) is 74.9 Å². The van der Waals surface area contributed by atoms with Crippen molar-refractivity contribution in [2.24, 2.45) is 0 Å². The summed E-state index contributed by atoms with van der Waals surface area (Å²) in [6, 6.07) is 4.11. The van der Waals surface area contributed by atoms with Crippen LogP contribution >= 0.6 is 0 Å². The highest BCUT2D eigenvalue weighted by molar-refractivity contribution is 5.83. The van der Waals surface area contributed by atoms with E-state index < -0.39 is 0 Å². The Morgan fingerprint density at radius 3 is 1.15 bits per heavy atom. The summed E-state index contributed by atoms with van der Waals surface area (Å²) >= 11 is 0. The van der Waals surface area contributed by atoms with Gasteiger partial charge in [-0.1, -0.05) is 12.1 Å². The summed E-state index contributed by atoms with van der Waals surface area (Å²) in [5.74, 6) is 0.535. The number of benzene rings is 2. The maximum absolute atomic E-state index is 10.5. The van der Waals surface area contributed by atoms with Gasteiger partial charge in [-0.3, -0.25) is 0 Å². The fourth-order valence-electron chi connectivity index (χ4n) is 2.76. The molecule has 0 aliphatic heterocycles. The van der Waals surface area contributed by atoms with E-state index in [4.69, 9.17) is 0 Å². The molecule has 2 aromatic rings. The van der Waals surface area contributed by atoms with E-state index in [1.165, 1.54) is 0 Å². The van der Waals surface area contributed by atoms with E-state index in [1.54, 1.807) is 0 Å². The zero-order valence-corrected chi connectivity index (χ0v) is 13.0. The highest BCUT2D eigenvalue weighted by Crippen LogP contribution is 2.44. The number of aryl methyl sites for hydroxylation is 4. The van der Waals surface area contributed by atoms with Crippen LogP contribution in [-0.4, -0.2) is 10.2 Å². The average Bonchev–Trinajstić information content (AvgIpc) is 2.37. The Morgan fingerprint density at radius 1 is 0.550 bits per heavy atom. The molecule has 20 heavy (non-hydrogen) atoms. The van der Waals surface area contributed by atoms with Crippen LogP contribution in [0.1, 0.15) is 33.4 Å². The second-order valence-electron chi connectivity index (χ2n) is 5.72. The normalized spacial score (nSPS) is 10.9. The van der Waals surface area contributed by atoms with Crippen LogP contribution < -0.4 is 0 Å². The Bertz CT molecular complexity index is 636. The molecule has 2 rings (SSSR count). The van der Waals surface area contributed by atoms with Crippen molar-refractivity contribution >= 4 is 0 Å². The second kappa shape index (κ2) is 4.86. The number of rotatable bonds is 1. The molecule has 0 atom stereocenters. The van der Waals surface area contributed by atoms with Crippen LogP contribution in [0, 0.1) is 41.5 Å². The molecule has 0 aliphatic carbocycles. The molecule has 0 fully saturated rings. The van der Waals surface area contributed by atoms with Crippen LogP contribution in [0.2, 0.25) is 0 Å². The Hall–Kier alpha value is -1.96. The molecular weight excluding hydrogens is 248 g/mol. The zero-order chi connectivity index (χ0) is 15.2. The van der Waals surface area contributed by atoms with Crippen molar-refractivity contribution in [1.82, 2.24) is 0 Å². The maximum atomic E-state index is 10.5. The molecule has 2 heteroatoms. The quantitative estimate of drug-likeness (QED) is 0.794. The summed E-state index contributed by atoms with van der Waals surface area (Å²) in [4.78, 5) is 0. The third-order valence-corrected chi connectivity index (χ3v) is 4.27. The summed E-state index contributed by atoms with van der Waals surface area (Å²) in [6.07, 6.45) is 0. The van der Waals surface area contributed by atoms with Crippen molar-refractivity contribution in [3.63, 3.8) is 0 Å². The van der Waals surface area contributed by atoms with Gasteiger partial charge < -0.3 is 10.2 Å². The van der Waals surface area contributed by atoms with Crippen LogP contribution in [0.4, 0.5) is 0 Å². The molecule has 106 valence electrons. The number of hydrogen-bond acceptors (Lipinski definition) is 2. The molecule has 2 aromatic carbocycles.